The number of hydrogen-bond acceptors (Lipinski definition) is 0. The van der Waals surface area contributed by atoms with Crippen molar-refractivity contribution >= 4 is 31.9 Å². The highest BCUT2D eigenvalue weighted by Gasteiger charge is 2.13. The van der Waals surface area contributed by atoms with Crippen LogP contribution < -0.4 is 0 Å². The van der Waals surface area contributed by atoms with E-state index in [1.165, 1.54) is 6.07 Å². The van der Waals surface area contributed by atoms with E-state index in [0.717, 1.165) is 16.5 Å². The Morgan fingerprint density at radius 3 is 2.57 bits per heavy atom. The van der Waals surface area contributed by atoms with Crippen LogP contribution >= 0.6 is 31.9 Å². The van der Waals surface area contributed by atoms with Gasteiger partial charge in [0.2, 0.25) is 0 Å². The summed E-state index contributed by atoms with van der Waals surface area (Å²) in [5, 5.41) is 0. The van der Waals surface area contributed by atoms with Gasteiger partial charge in [0.1, 0.15) is 5.82 Å². The molecule has 0 aromatic heterocycles. The summed E-state index contributed by atoms with van der Waals surface area (Å²) in [7, 11) is 0. The maximum absolute atomic E-state index is 13.4. The van der Waals surface area contributed by atoms with Crippen molar-refractivity contribution in [2.45, 2.75) is 31.0 Å². The first kappa shape index (κ1) is 12.2. The third-order valence-corrected chi connectivity index (χ3v) is 3.03. The molecule has 0 saturated carbocycles. The average molecular weight is 324 g/mol. The minimum atomic E-state index is -0.117. The molecule has 78 valence electrons. The van der Waals surface area contributed by atoms with Crippen molar-refractivity contribution in [2.75, 3.05) is 0 Å². The van der Waals surface area contributed by atoms with Gasteiger partial charge in [-0.1, -0.05) is 45.7 Å². The summed E-state index contributed by atoms with van der Waals surface area (Å²) >= 11 is 6.83. The van der Waals surface area contributed by atoms with Crippen molar-refractivity contribution in [1.82, 2.24) is 0 Å². The Hall–Kier alpha value is 0.110. The molecule has 0 spiro atoms. The van der Waals surface area contributed by atoms with Gasteiger partial charge in [-0.05, 0) is 36.1 Å². The van der Waals surface area contributed by atoms with Crippen LogP contribution in [0.4, 0.5) is 4.39 Å². The van der Waals surface area contributed by atoms with Gasteiger partial charge in [0.15, 0.2) is 0 Å². The molecule has 0 saturated heterocycles. The monoisotopic (exact) mass is 322 g/mol. The molecule has 0 amide bonds. The van der Waals surface area contributed by atoms with Gasteiger partial charge in [0, 0.05) is 9.30 Å². The standard InChI is InChI=1S/C11H13Br2F/c1-7(5-8(2)12)10-6-9(13)3-4-11(10)14/h3-4,6-8H,5H2,1-2H3. The third kappa shape index (κ3) is 3.35. The Kier molecular flexibility index (Phi) is 4.58. The molecule has 0 bridgehead atoms. The summed E-state index contributed by atoms with van der Waals surface area (Å²) < 4.78 is 14.4. The zero-order valence-electron chi connectivity index (χ0n) is 8.23. The third-order valence-electron chi connectivity index (χ3n) is 2.17. The molecule has 0 fully saturated rings. The summed E-state index contributed by atoms with van der Waals surface area (Å²) in [5.74, 6) is 0.121. The molecule has 14 heavy (non-hydrogen) atoms. The van der Waals surface area contributed by atoms with E-state index in [1.807, 2.05) is 13.0 Å². The van der Waals surface area contributed by atoms with E-state index in [2.05, 4.69) is 38.8 Å². The minimum absolute atomic E-state index is 0.117. The number of hydrogen-bond donors (Lipinski definition) is 0. The van der Waals surface area contributed by atoms with Gasteiger partial charge in [0.25, 0.3) is 0 Å². The Labute approximate surface area is 101 Å². The van der Waals surface area contributed by atoms with Gasteiger partial charge in [0.05, 0.1) is 0 Å². The summed E-state index contributed by atoms with van der Waals surface area (Å²) in [6.45, 7) is 4.12. The second kappa shape index (κ2) is 5.26. The number of alkyl halides is 1. The zero-order chi connectivity index (χ0) is 10.7. The van der Waals surface area contributed by atoms with Crippen LogP contribution in [0, 0.1) is 5.82 Å². The lowest BCUT2D eigenvalue weighted by molar-refractivity contribution is 0.574. The Bertz CT molecular complexity index is 310. The summed E-state index contributed by atoms with van der Waals surface area (Å²) in [5.41, 5.74) is 0.783. The lowest BCUT2D eigenvalue weighted by Crippen LogP contribution is -2.02. The molecule has 3 heteroatoms. The SMILES string of the molecule is CC(Br)CC(C)c1cc(Br)ccc1F. The first-order valence-electron chi connectivity index (χ1n) is 4.59. The molecule has 2 unspecified atom stereocenters. The van der Waals surface area contributed by atoms with Crippen LogP contribution in [0.1, 0.15) is 31.7 Å². The molecule has 0 aliphatic heterocycles. The van der Waals surface area contributed by atoms with Gasteiger partial charge in [-0.25, -0.2) is 4.39 Å². The molecule has 0 radical (unpaired) electrons. The van der Waals surface area contributed by atoms with E-state index < -0.39 is 0 Å². The molecule has 0 heterocycles. The maximum atomic E-state index is 13.4. The van der Waals surface area contributed by atoms with Crippen molar-refractivity contribution in [1.29, 1.82) is 0 Å². The molecule has 2 atom stereocenters. The summed E-state index contributed by atoms with van der Waals surface area (Å²) in [6.07, 6.45) is 0.938. The fraction of sp³-hybridized carbons (Fsp3) is 0.455. The minimum Gasteiger partial charge on any atom is -0.207 e. The topological polar surface area (TPSA) is 0 Å². The smallest absolute Gasteiger partial charge is 0.126 e. The molecule has 1 aromatic carbocycles. The molecule has 1 rings (SSSR count). The van der Waals surface area contributed by atoms with Crippen molar-refractivity contribution in [3.63, 3.8) is 0 Å². The van der Waals surface area contributed by atoms with Crippen LogP contribution in [0.25, 0.3) is 0 Å². The van der Waals surface area contributed by atoms with E-state index in [9.17, 15) is 4.39 Å². The normalized spacial score (nSPS) is 15.2. The molecule has 1 aromatic rings. The van der Waals surface area contributed by atoms with Gasteiger partial charge >= 0.3 is 0 Å². The van der Waals surface area contributed by atoms with E-state index in [-0.39, 0.29) is 11.7 Å². The van der Waals surface area contributed by atoms with E-state index in [1.54, 1.807) is 6.07 Å². The highest BCUT2D eigenvalue weighted by Crippen LogP contribution is 2.27. The highest BCUT2D eigenvalue weighted by molar-refractivity contribution is 9.10. The summed E-state index contributed by atoms with van der Waals surface area (Å²) in [4.78, 5) is 0.413. The van der Waals surface area contributed by atoms with Crippen LogP contribution in [-0.4, -0.2) is 4.83 Å². The van der Waals surface area contributed by atoms with Crippen LogP contribution in [0.2, 0.25) is 0 Å². The summed E-state index contributed by atoms with van der Waals surface area (Å²) in [6, 6.07) is 5.09. The maximum Gasteiger partial charge on any atom is 0.126 e. The Morgan fingerprint density at radius 2 is 2.00 bits per heavy atom. The van der Waals surface area contributed by atoms with Crippen molar-refractivity contribution in [2.24, 2.45) is 0 Å². The first-order chi connectivity index (χ1) is 6.50. The largest absolute Gasteiger partial charge is 0.207 e. The van der Waals surface area contributed by atoms with E-state index in [0.29, 0.717) is 4.83 Å². The molecule has 0 aliphatic carbocycles. The average Bonchev–Trinajstić information content (AvgIpc) is 2.08. The van der Waals surface area contributed by atoms with Crippen LogP contribution in [0.15, 0.2) is 22.7 Å². The fourth-order valence-electron chi connectivity index (χ4n) is 1.51. The highest BCUT2D eigenvalue weighted by atomic mass is 79.9. The first-order valence-corrected chi connectivity index (χ1v) is 6.30. The van der Waals surface area contributed by atoms with Gasteiger partial charge in [-0.2, -0.15) is 0 Å². The van der Waals surface area contributed by atoms with Crippen LogP contribution in [-0.2, 0) is 0 Å². The van der Waals surface area contributed by atoms with Gasteiger partial charge < -0.3 is 0 Å². The lowest BCUT2D eigenvalue weighted by Gasteiger charge is -2.14. The fourth-order valence-corrected chi connectivity index (χ4v) is 2.45. The molecule has 0 nitrogen and oxygen atoms in total. The molecule has 0 N–H and O–H groups in total. The predicted octanol–water partition coefficient (Wildman–Crippen LogP) is 4.87. The van der Waals surface area contributed by atoms with E-state index >= 15 is 0 Å². The van der Waals surface area contributed by atoms with Crippen molar-refractivity contribution in [3.05, 3.63) is 34.1 Å². The predicted molar refractivity (Wildman–Crippen MR) is 65.5 cm³/mol. The van der Waals surface area contributed by atoms with E-state index in [4.69, 9.17) is 0 Å². The molecular formula is C11H13Br2F. The Balaban J connectivity index is 2.88. The van der Waals surface area contributed by atoms with Crippen molar-refractivity contribution < 1.29 is 4.39 Å². The number of benzene rings is 1. The number of rotatable bonds is 3. The van der Waals surface area contributed by atoms with Crippen LogP contribution in [0.3, 0.4) is 0 Å². The zero-order valence-corrected chi connectivity index (χ0v) is 11.4. The quantitative estimate of drug-likeness (QED) is 0.696. The Morgan fingerprint density at radius 1 is 1.36 bits per heavy atom. The van der Waals surface area contributed by atoms with Gasteiger partial charge in [-0.15, -0.1) is 0 Å². The molecule has 0 aliphatic rings. The van der Waals surface area contributed by atoms with Crippen molar-refractivity contribution in [3.8, 4) is 0 Å². The lowest BCUT2D eigenvalue weighted by atomic mass is 9.96. The second-order valence-corrected chi connectivity index (χ2v) is 6.06. The van der Waals surface area contributed by atoms with Gasteiger partial charge in [-0.3, -0.25) is 0 Å². The molecular weight excluding hydrogens is 311 g/mol. The number of halogens is 3. The van der Waals surface area contributed by atoms with Crippen LogP contribution in [0.5, 0.6) is 0 Å². The second-order valence-electron chi connectivity index (χ2n) is 3.58.